The fraction of sp³-hybridized carbons (Fsp3) is 0.214. The third-order valence-electron chi connectivity index (χ3n) is 2.62. The van der Waals surface area contributed by atoms with Crippen LogP contribution in [-0.4, -0.2) is 19.7 Å². The Hall–Kier alpha value is -1.55. The highest BCUT2D eigenvalue weighted by Crippen LogP contribution is 2.32. The van der Waals surface area contributed by atoms with Crippen molar-refractivity contribution in [3.05, 3.63) is 40.9 Å². The van der Waals surface area contributed by atoms with E-state index in [4.69, 9.17) is 4.74 Å². The molecule has 0 amide bonds. The van der Waals surface area contributed by atoms with E-state index < -0.39 is 0 Å². The Bertz CT molecular complexity index is 566. The van der Waals surface area contributed by atoms with Gasteiger partial charge in [-0.05, 0) is 32.8 Å². The lowest BCUT2D eigenvalue weighted by atomic mass is 10.1. The van der Waals surface area contributed by atoms with E-state index in [-0.39, 0.29) is 12.4 Å². The SMILES string of the molecule is COC(=O)CCOc1ccc2ccccc2c1Br. The number of carbonyl (C=O) groups is 1. The van der Waals surface area contributed by atoms with Gasteiger partial charge in [0.15, 0.2) is 0 Å². The second-order valence-electron chi connectivity index (χ2n) is 3.77. The minimum atomic E-state index is -0.271. The summed E-state index contributed by atoms with van der Waals surface area (Å²) in [5.74, 6) is 0.463. The molecule has 0 aliphatic carbocycles. The van der Waals surface area contributed by atoms with Crippen molar-refractivity contribution in [2.45, 2.75) is 6.42 Å². The smallest absolute Gasteiger partial charge is 0.308 e. The van der Waals surface area contributed by atoms with Gasteiger partial charge < -0.3 is 9.47 Å². The Morgan fingerprint density at radius 2 is 2.00 bits per heavy atom. The molecule has 0 aliphatic heterocycles. The van der Waals surface area contributed by atoms with E-state index in [2.05, 4.69) is 20.7 Å². The summed E-state index contributed by atoms with van der Waals surface area (Å²) < 4.78 is 11.0. The topological polar surface area (TPSA) is 35.5 Å². The van der Waals surface area contributed by atoms with E-state index >= 15 is 0 Å². The van der Waals surface area contributed by atoms with Crippen LogP contribution in [0.5, 0.6) is 5.75 Å². The summed E-state index contributed by atoms with van der Waals surface area (Å²) in [4.78, 5) is 11.0. The molecule has 2 aromatic rings. The summed E-state index contributed by atoms with van der Waals surface area (Å²) in [7, 11) is 1.37. The van der Waals surface area contributed by atoms with Crippen LogP contribution in [0, 0.1) is 0 Å². The molecule has 0 aromatic heterocycles. The van der Waals surface area contributed by atoms with Crippen molar-refractivity contribution < 1.29 is 14.3 Å². The average Bonchev–Trinajstić information content (AvgIpc) is 2.41. The molecule has 0 N–H and O–H groups in total. The summed E-state index contributed by atoms with van der Waals surface area (Å²) in [5, 5.41) is 2.23. The van der Waals surface area contributed by atoms with Crippen molar-refractivity contribution in [1.82, 2.24) is 0 Å². The zero-order valence-electron chi connectivity index (χ0n) is 9.98. The van der Waals surface area contributed by atoms with Gasteiger partial charge in [-0.15, -0.1) is 0 Å². The molecule has 0 saturated carbocycles. The first-order chi connectivity index (χ1) is 8.72. The molecule has 0 fully saturated rings. The number of hydrogen-bond donors (Lipinski definition) is 0. The number of fused-ring (bicyclic) bond motifs is 1. The Kier molecular flexibility index (Phi) is 4.20. The molecule has 0 saturated heterocycles. The van der Waals surface area contributed by atoms with Gasteiger partial charge in [0.25, 0.3) is 0 Å². The second kappa shape index (κ2) is 5.87. The van der Waals surface area contributed by atoms with Crippen molar-refractivity contribution in [2.24, 2.45) is 0 Å². The summed E-state index contributed by atoms with van der Waals surface area (Å²) in [6.07, 6.45) is 0.246. The van der Waals surface area contributed by atoms with Gasteiger partial charge in [0.1, 0.15) is 5.75 Å². The van der Waals surface area contributed by atoms with Crippen LogP contribution in [-0.2, 0) is 9.53 Å². The van der Waals surface area contributed by atoms with E-state index in [0.717, 1.165) is 21.0 Å². The largest absolute Gasteiger partial charge is 0.492 e. The first kappa shape index (κ1) is 12.9. The maximum atomic E-state index is 11.0. The number of methoxy groups -OCH3 is 1. The Balaban J connectivity index is 2.14. The van der Waals surface area contributed by atoms with Crippen LogP contribution in [0.25, 0.3) is 10.8 Å². The Morgan fingerprint density at radius 1 is 1.22 bits per heavy atom. The van der Waals surface area contributed by atoms with Crippen LogP contribution >= 0.6 is 15.9 Å². The third kappa shape index (κ3) is 2.82. The lowest BCUT2D eigenvalue weighted by Gasteiger charge is -2.09. The standard InChI is InChI=1S/C14H13BrO3/c1-17-13(16)8-9-18-12-7-6-10-4-2-3-5-11(10)14(12)15/h2-7H,8-9H2,1H3. The number of rotatable bonds is 4. The highest BCUT2D eigenvalue weighted by molar-refractivity contribution is 9.10. The van der Waals surface area contributed by atoms with E-state index in [1.54, 1.807) is 0 Å². The van der Waals surface area contributed by atoms with Gasteiger partial charge in [-0.3, -0.25) is 4.79 Å². The highest BCUT2D eigenvalue weighted by Gasteiger charge is 2.07. The number of esters is 1. The van der Waals surface area contributed by atoms with Gasteiger partial charge >= 0.3 is 5.97 Å². The van der Waals surface area contributed by atoms with Crippen molar-refractivity contribution in [3.8, 4) is 5.75 Å². The van der Waals surface area contributed by atoms with Gasteiger partial charge in [-0.1, -0.05) is 30.3 Å². The number of ether oxygens (including phenoxy) is 2. The quantitative estimate of drug-likeness (QED) is 0.810. The predicted octanol–water partition coefficient (Wildman–Crippen LogP) is 3.54. The van der Waals surface area contributed by atoms with Crippen LogP contribution in [0.4, 0.5) is 0 Å². The van der Waals surface area contributed by atoms with Crippen LogP contribution in [0.2, 0.25) is 0 Å². The van der Waals surface area contributed by atoms with E-state index in [9.17, 15) is 4.79 Å². The molecule has 2 aromatic carbocycles. The van der Waals surface area contributed by atoms with Crippen molar-refractivity contribution in [2.75, 3.05) is 13.7 Å². The van der Waals surface area contributed by atoms with E-state index in [0.29, 0.717) is 6.61 Å². The van der Waals surface area contributed by atoms with E-state index in [1.807, 2.05) is 36.4 Å². The molecule has 0 radical (unpaired) electrons. The molecule has 0 bridgehead atoms. The first-order valence-electron chi connectivity index (χ1n) is 5.59. The number of benzene rings is 2. The summed E-state index contributed by atoms with van der Waals surface area (Å²) in [6, 6.07) is 11.9. The maximum Gasteiger partial charge on any atom is 0.308 e. The first-order valence-corrected chi connectivity index (χ1v) is 6.38. The molecular formula is C14H13BrO3. The van der Waals surface area contributed by atoms with Gasteiger partial charge in [0.05, 0.1) is 24.6 Å². The summed E-state index contributed by atoms with van der Waals surface area (Å²) >= 11 is 3.52. The fourth-order valence-corrected chi connectivity index (χ4v) is 2.28. The van der Waals surface area contributed by atoms with Gasteiger partial charge in [-0.25, -0.2) is 0 Å². The molecule has 3 nitrogen and oxygen atoms in total. The van der Waals surface area contributed by atoms with Crippen molar-refractivity contribution in [1.29, 1.82) is 0 Å². The van der Waals surface area contributed by atoms with Crippen molar-refractivity contribution >= 4 is 32.7 Å². The zero-order chi connectivity index (χ0) is 13.0. The zero-order valence-corrected chi connectivity index (χ0v) is 11.6. The van der Waals surface area contributed by atoms with Crippen LogP contribution < -0.4 is 4.74 Å². The molecule has 0 heterocycles. The lowest BCUT2D eigenvalue weighted by molar-refractivity contribution is -0.141. The van der Waals surface area contributed by atoms with Crippen LogP contribution in [0.15, 0.2) is 40.9 Å². The third-order valence-corrected chi connectivity index (χ3v) is 3.44. The predicted molar refractivity (Wildman–Crippen MR) is 73.8 cm³/mol. The summed E-state index contributed by atoms with van der Waals surface area (Å²) in [6.45, 7) is 0.309. The molecule has 18 heavy (non-hydrogen) atoms. The second-order valence-corrected chi connectivity index (χ2v) is 4.57. The molecule has 94 valence electrons. The molecule has 2 rings (SSSR count). The molecular weight excluding hydrogens is 296 g/mol. The van der Waals surface area contributed by atoms with E-state index in [1.165, 1.54) is 7.11 Å². The number of hydrogen-bond acceptors (Lipinski definition) is 3. The highest BCUT2D eigenvalue weighted by atomic mass is 79.9. The average molecular weight is 309 g/mol. The maximum absolute atomic E-state index is 11.0. The lowest BCUT2D eigenvalue weighted by Crippen LogP contribution is -2.07. The van der Waals surface area contributed by atoms with Gasteiger partial charge in [-0.2, -0.15) is 0 Å². The van der Waals surface area contributed by atoms with Crippen molar-refractivity contribution in [3.63, 3.8) is 0 Å². The molecule has 0 unspecified atom stereocenters. The Morgan fingerprint density at radius 3 is 2.78 bits per heavy atom. The van der Waals surface area contributed by atoms with Gasteiger partial charge in [0.2, 0.25) is 0 Å². The number of carbonyl (C=O) groups excluding carboxylic acids is 1. The number of halogens is 1. The molecule has 0 spiro atoms. The monoisotopic (exact) mass is 308 g/mol. The molecule has 0 aliphatic rings. The fourth-order valence-electron chi connectivity index (χ4n) is 1.67. The molecule has 4 heteroatoms. The van der Waals surface area contributed by atoms with Crippen LogP contribution in [0.3, 0.4) is 0 Å². The summed E-state index contributed by atoms with van der Waals surface area (Å²) in [5.41, 5.74) is 0. The van der Waals surface area contributed by atoms with Crippen LogP contribution in [0.1, 0.15) is 6.42 Å². The minimum Gasteiger partial charge on any atom is -0.492 e. The minimum absolute atomic E-state index is 0.246. The normalized spacial score (nSPS) is 10.3. The Labute approximate surface area is 114 Å². The molecule has 0 atom stereocenters. The van der Waals surface area contributed by atoms with Gasteiger partial charge in [0, 0.05) is 0 Å².